The van der Waals surface area contributed by atoms with Crippen LogP contribution in [0.25, 0.3) is 0 Å². The number of para-hydroxylation sites is 1. The molecule has 1 aliphatic rings. The standard InChI is InChI=1S/C13H17ClN2O2/c1-15-7-5-12(17)16-11-6-8-18-13-9(11)3-2-4-10(13)14/h2-4,11,15H,5-8H2,1H3,(H,16,17). The van der Waals surface area contributed by atoms with Gasteiger partial charge in [-0.05, 0) is 13.1 Å². The maximum absolute atomic E-state index is 11.7. The number of benzene rings is 1. The van der Waals surface area contributed by atoms with E-state index in [0.29, 0.717) is 30.3 Å². The predicted octanol–water partition coefficient (Wildman–Crippen LogP) is 1.89. The molecule has 18 heavy (non-hydrogen) atoms. The smallest absolute Gasteiger partial charge is 0.221 e. The summed E-state index contributed by atoms with van der Waals surface area (Å²) >= 11 is 6.08. The lowest BCUT2D eigenvalue weighted by Crippen LogP contribution is -2.33. The average molecular weight is 269 g/mol. The highest BCUT2D eigenvalue weighted by Crippen LogP contribution is 2.37. The van der Waals surface area contributed by atoms with Crippen LogP contribution < -0.4 is 15.4 Å². The minimum Gasteiger partial charge on any atom is -0.492 e. The maximum Gasteiger partial charge on any atom is 0.221 e. The molecule has 1 atom stereocenters. The van der Waals surface area contributed by atoms with E-state index in [0.717, 1.165) is 12.0 Å². The molecule has 1 aromatic carbocycles. The van der Waals surface area contributed by atoms with E-state index in [1.54, 1.807) is 6.07 Å². The molecule has 98 valence electrons. The molecule has 2 rings (SSSR count). The molecule has 0 saturated heterocycles. The molecule has 0 spiro atoms. The largest absolute Gasteiger partial charge is 0.492 e. The first-order valence-electron chi connectivity index (χ1n) is 6.07. The summed E-state index contributed by atoms with van der Waals surface area (Å²) in [6.07, 6.45) is 1.25. The minimum atomic E-state index is -0.00296. The SMILES string of the molecule is CNCCC(=O)NC1CCOc2c(Cl)cccc21. The summed E-state index contributed by atoms with van der Waals surface area (Å²) < 4.78 is 5.55. The number of nitrogens with one attached hydrogen (secondary N) is 2. The molecular formula is C13H17ClN2O2. The van der Waals surface area contributed by atoms with Crippen molar-refractivity contribution < 1.29 is 9.53 Å². The number of amides is 1. The molecule has 1 unspecified atom stereocenters. The normalized spacial score (nSPS) is 17.8. The van der Waals surface area contributed by atoms with Gasteiger partial charge in [0.1, 0.15) is 5.75 Å². The molecule has 0 fully saturated rings. The maximum atomic E-state index is 11.7. The summed E-state index contributed by atoms with van der Waals surface area (Å²) in [5.41, 5.74) is 0.964. The number of halogens is 1. The highest BCUT2D eigenvalue weighted by atomic mass is 35.5. The van der Waals surface area contributed by atoms with Crippen molar-refractivity contribution in [3.8, 4) is 5.75 Å². The number of carbonyl (C=O) groups excluding carboxylic acids is 1. The summed E-state index contributed by atoms with van der Waals surface area (Å²) in [7, 11) is 1.83. The van der Waals surface area contributed by atoms with Gasteiger partial charge in [0, 0.05) is 24.9 Å². The fourth-order valence-corrected chi connectivity index (χ4v) is 2.28. The lowest BCUT2D eigenvalue weighted by molar-refractivity contribution is -0.121. The van der Waals surface area contributed by atoms with E-state index < -0.39 is 0 Å². The van der Waals surface area contributed by atoms with Crippen molar-refractivity contribution in [3.63, 3.8) is 0 Å². The van der Waals surface area contributed by atoms with Gasteiger partial charge in [0.25, 0.3) is 0 Å². The third kappa shape index (κ3) is 2.94. The van der Waals surface area contributed by atoms with Crippen LogP contribution in [0.1, 0.15) is 24.4 Å². The van der Waals surface area contributed by atoms with Gasteiger partial charge in [-0.1, -0.05) is 23.7 Å². The summed E-state index contributed by atoms with van der Waals surface area (Å²) in [4.78, 5) is 11.7. The number of rotatable bonds is 4. The van der Waals surface area contributed by atoms with Gasteiger partial charge in [-0.25, -0.2) is 0 Å². The second-order valence-corrected chi connectivity index (χ2v) is 4.68. The molecule has 0 saturated carbocycles. The van der Waals surface area contributed by atoms with Crippen LogP contribution in [0.3, 0.4) is 0 Å². The van der Waals surface area contributed by atoms with Gasteiger partial charge in [-0.3, -0.25) is 4.79 Å². The second kappa shape index (κ2) is 6.07. The van der Waals surface area contributed by atoms with Gasteiger partial charge < -0.3 is 15.4 Å². The van der Waals surface area contributed by atoms with Crippen molar-refractivity contribution in [1.29, 1.82) is 0 Å². The van der Waals surface area contributed by atoms with Crippen LogP contribution in [0, 0.1) is 0 Å². The minimum absolute atomic E-state index is 0.00296. The Balaban J connectivity index is 2.08. The Labute approximate surface area is 112 Å². The average Bonchev–Trinajstić information content (AvgIpc) is 2.38. The van der Waals surface area contributed by atoms with Gasteiger partial charge in [-0.15, -0.1) is 0 Å². The van der Waals surface area contributed by atoms with E-state index in [9.17, 15) is 4.79 Å². The van der Waals surface area contributed by atoms with E-state index in [1.165, 1.54) is 0 Å². The molecule has 5 heteroatoms. The van der Waals surface area contributed by atoms with Gasteiger partial charge in [0.2, 0.25) is 5.91 Å². The summed E-state index contributed by atoms with van der Waals surface area (Å²) in [6, 6.07) is 5.62. The number of fused-ring (bicyclic) bond motifs is 1. The summed E-state index contributed by atoms with van der Waals surface area (Å²) in [5.74, 6) is 0.742. The molecular weight excluding hydrogens is 252 g/mol. The van der Waals surface area contributed by atoms with Gasteiger partial charge in [-0.2, -0.15) is 0 Å². The van der Waals surface area contributed by atoms with E-state index in [-0.39, 0.29) is 11.9 Å². The van der Waals surface area contributed by atoms with Crippen molar-refractivity contribution in [1.82, 2.24) is 10.6 Å². The molecule has 0 aromatic heterocycles. The molecule has 0 bridgehead atoms. The van der Waals surface area contributed by atoms with Crippen molar-refractivity contribution >= 4 is 17.5 Å². The van der Waals surface area contributed by atoms with Crippen molar-refractivity contribution in [3.05, 3.63) is 28.8 Å². The van der Waals surface area contributed by atoms with Crippen LogP contribution in [-0.4, -0.2) is 26.1 Å². The highest BCUT2D eigenvalue weighted by molar-refractivity contribution is 6.32. The van der Waals surface area contributed by atoms with Crippen LogP contribution in [0.5, 0.6) is 5.75 Å². The Morgan fingerprint density at radius 1 is 1.56 bits per heavy atom. The number of ether oxygens (including phenoxy) is 1. The van der Waals surface area contributed by atoms with Crippen LogP contribution in [-0.2, 0) is 4.79 Å². The van der Waals surface area contributed by atoms with E-state index in [2.05, 4.69) is 10.6 Å². The lowest BCUT2D eigenvalue weighted by atomic mass is 10.0. The van der Waals surface area contributed by atoms with E-state index >= 15 is 0 Å². The summed E-state index contributed by atoms with van der Waals surface area (Å²) in [6.45, 7) is 1.26. The lowest BCUT2D eigenvalue weighted by Gasteiger charge is -2.27. The van der Waals surface area contributed by atoms with Crippen LogP contribution in [0.2, 0.25) is 5.02 Å². The first-order chi connectivity index (χ1) is 8.72. The molecule has 1 aliphatic heterocycles. The fourth-order valence-electron chi connectivity index (χ4n) is 2.04. The first-order valence-corrected chi connectivity index (χ1v) is 6.45. The molecule has 4 nitrogen and oxygen atoms in total. The van der Waals surface area contributed by atoms with Crippen molar-refractivity contribution in [2.75, 3.05) is 20.2 Å². The van der Waals surface area contributed by atoms with Crippen LogP contribution in [0.15, 0.2) is 18.2 Å². The fraction of sp³-hybridized carbons (Fsp3) is 0.462. The third-order valence-electron chi connectivity index (χ3n) is 2.96. The Morgan fingerprint density at radius 2 is 2.39 bits per heavy atom. The van der Waals surface area contributed by atoms with Crippen molar-refractivity contribution in [2.45, 2.75) is 18.9 Å². The zero-order valence-electron chi connectivity index (χ0n) is 10.3. The van der Waals surface area contributed by atoms with Crippen molar-refractivity contribution in [2.24, 2.45) is 0 Å². The number of hydrogen-bond acceptors (Lipinski definition) is 3. The predicted molar refractivity (Wildman–Crippen MR) is 71.0 cm³/mol. The van der Waals surface area contributed by atoms with Crippen LogP contribution >= 0.6 is 11.6 Å². The molecule has 0 radical (unpaired) electrons. The van der Waals surface area contributed by atoms with Gasteiger partial charge >= 0.3 is 0 Å². The second-order valence-electron chi connectivity index (χ2n) is 4.27. The Hall–Kier alpha value is -1.26. The molecule has 1 aromatic rings. The zero-order chi connectivity index (χ0) is 13.0. The molecule has 0 aliphatic carbocycles. The van der Waals surface area contributed by atoms with Gasteiger partial charge in [0.05, 0.1) is 17.7 Å². The molecule has 1 heterocycles. The Kier molecular flexibility index (Phi) is 4.44. The number of hydrogen-bond donors (Lipinski definition) is 2. The van der Waals surface area contributed by atoms with Gasteiger partial charge in [0.15, 0.2) is 0 Å². The Bertz CT molecular complexity index is 437. The first kappa shape index (κ1) is 13.2. The highest BCUT2D eigenvalue weighted by Gasteiger charge is 2.24. The van der Waals surface area contributed by atoms with E-state index in [1.807, 2.05) is 19.2 Å². The van der Waals surface area contributed by atoms with E-state index in [4.69, 9.17) is 16.3 Å². The summed E-state index contributed by atoms with van der Waals surface area (Å²) in [5, 5.41) is 6.58. The zero-order valence-corrected chi connectivity index (χ0v) is 11.1. The number of carbonyl (C=O) groups is 1. The Morgan fingerprint density at radius 3 is 3.17 bits per heavy atom. The monoisotopic (exact) mass is 268 g/mol. The topological polar surface area (TPSA) is 50.4 Å². The molecule has 1 amide bonds. The molecule has 2 N–H and O–H groups in total. The quantitative estimate of drug-likeness (QED) is 0.877. The third-order valence-corrected chi connectivity index (χ3v) is 3.26. The van der Waals surface area contributed by atoms with Crippen LogP contribution in [0.4, 0.5) is 0 Å².